The van der Waals surface area contributed by atoms with Crippen LogP contribution < -0.4 is 10.1 Å². The highest BCUT2D eigenvalue weighted by Crippen LogP contribution is 2.14. The predicted octanol–water partition coefficient (Wildman–Crippen LogP) is 3.45. The van der Waals surface area contributed by atoms with Crippen molar-refractivity contribution >= 4 is 11.8 Å². The highest BCUT2D eigenvalue weighted by molar-refractivity contribution is 5.88. The van der Waals surface area contributed by atoms with Crippen LogP contribution in [0.2, 0.25) is 0 Å². The Balaban J connectivity index is 2.12. The number of hydrogen-bond donors (Lipinski definition) is 1. The molecular formula is C22H27FN2O3. The Morgan fingerprint density at radius 3 is 2.21 bits per heavy atom. The lowest BCUT2D eigenvalue weighted by molar-refractivity contribution is -0.142. The third-order valence-electron chi connectivity index (χ3n) is 4.25. The van der Waals surface area contributed by atoms with Crippen LogP contribution in [0.25, 0.3) is 0 Å². The van der Waals surface area contributed by atoms with Gasteiger partial charge in [0.25, 0.3) is 5.91 Å². The Morgan fingerprint density at radius 2 is 1.64 bits per heavy atom. The lowest BCUT2D eigenvalue weighted by Crippen LogP contribution is -2.50. The second-order valence-corrected chi connectivity index (χ2v) is 7.09. The summed E-state index contributed by atoms with van der Waals surface area (Å²) >= 11 is 0. The van der Waals surface area contributed by atoms with E-state index < -0.39 is 6.04 Å². The molecule has 0 heterocycles. The van der Waals surface area contributed by atoms with Crippen molar-refractivity contribution in [1.82, 2.24) is 10.2 Å². The second-order valence-electron chi connectivity index (χ2n) is 7.09. The predicted molar refractivity (Wildman–Crippen MR) is 106 cm³/mol. The molecule has 0 radical (unpaired) electrons. The third-order valence-corrected chi connectivity index (χ3v) is 4.25. The first kappa shape index (κ1) is 21.4. The van der Waals surface area contributed by atoms with E-state index in [9.17, 15) is 14.0 Å². The van der Waals surface area contributed by atoms with Crippen molar-refractivity contribution in [3.63, 3.8) is 0 Å². The van der Waals surface area contributed by atoms with Crippen molar-refractivity contribution in [2.75, 3.05) is 6.61 Å². The molecule has 0 bridgehead atoms. The van der Waals surface area contributed by atoms with Gasteiger partial charge in [-0.05, 0) is 57.5 Å². The van der Waals surface area contributed by atoms with E-state index in [1.54, 1.807) is 6.92 Å². The van der Waals surface area contributed by atoms with Gasteiger partial charge < -0.3 is 15.0 Å². The number of hydrogen-bond acceptors (Lipinski definition) is 3. The van der Waals surface area contributed by atoms with Gasteiger partial charge in [-0.15, -0.1) is 0 Å². The van der Waals surface area contributed by atoms with Crippen molar-refractivity contribution in [2.45, 2.75) is 46.3 Å². The third kappa shape index (κ3) is 6.37. The number of carbonyl (C=O) groups is 2. The Bertz CT molecular complexity index is 788. The van der Waals surface area contributed by atoms with Gasteiger partial charge in [-0.1, -0.05) is 29.8 Å². The highest BCUT2D eigenvalue weighted by Gasteiger charge is 2.26. The van der Waals surface area contributed by atoms with Crippen LogP contribution in [0.3, 0.4) is 0 Å². The summed E-state index contributed by atoms with van der Waals surface area (Å²) in [4.78, 5) is 26.8. The van der Waals surface area contributed by atoms with Crippen LogP contribution in [0.5, 0.6) is 5.75 Å². The lowest BCUT2D eigenvalue weighted by Gasteiger charge is -2.29. The number of rotatable bonds is 8. The van der Waals surface area contributed by atoms with Gasteiger partial charge in [0.1, 0.15) is 17.6 Å². The van der Waals surface area contributed by atoms with E-state index in [1.807, 2.05) is 45.0 Å². The first-order chi connectivity index (χ1) is 13.3. The first-order valence-corrected chi connectivity index (χ1v) is 9.30. The van der Waals surface area contributed by atoms with Crippen LogP contribution in [0.1, 0.15) is 31.9 Å². The summed E-state index contributed by atoms with van der Waals surface area (Å²) in [6, 6.07) is 12.6. The fraction of sp³-hybridized carbons (Fsp3) is 0.364. The SMILES string of the molecule is Cc1ccc(CN(C(=O)COc2ccc(F)cc2)[C@@H](C)C(=O)NC(C)C)cc1. The molecule has 0 saturated carbocycles. The molecule has 0 aliphatic heterocycles. The number of ether oxygens (including phenoxy) is 1. The molecular weight excluding hydrogens is 359 g/mol. The van der Waals surface area contributed by atoms with Crippen molar-refractivity contribution in [2.24, 2.45) is 0 Å². The minimum Gasteiger partial charge on any atom is -0.484 e. The maximum atomic E-state index is 13.0. The number of aryl methyl sites for hydroxylation is 1. The van der Waals surface area contributed by atoms with E-state index in [-0.39, 0.29) is 30.3 Å². The van der Waals surface area contributed by atoms with E-state index in [1.165, 1.54) is 29.2 Å². The Hall–Kier alpha value is -2.89. The van der Waals surface area contributed by atoms with Gasteiger partial charge in [0.2, 0.25) is 5.91 Å². The summed E-state index contributed by atoms with van der Waals surface area (Å²) in [5.41, 5.74) is 2.04. The van der Waals surface area contributed by atoms with Crippen LogP contribution in [-0.2, 0) is 16.1 Å². The summed E-state index contributed by atoms with van der Waals surface area (Å²) in [6.07, 6.45) is 0. The monoisotopic (exact) mass is 386 g/mol. The average molecular weight is 386 g/mol. The molecule has 2 amide bonds. The zero-order valence-electron chi connectivity index (χ0n) is 16.7. The van der Waals surface area contributed by atoms with Gasteiger partial charge in [0.15, 0.2) is 6.61 Å². The molecule has 2 rings (SSSR count). The van der Waals surface area contributed by atoms with E-state index in [2.05, 4.69) is 5.32 Å². The van der Waals surface area contributed by atoms with Gasteiger partial charge in [-0.25, -0.2) is 4.39 Å². The topological polar surface area (TPSA) is 58.6 Å². The number of benzene rings is 2. The molecule has 6 heteroatoms. The molecule has 0 spiro atoms. The number of amides is 2. The quantitative estimate of drug-likeness (QED) is 0.756. The number of nitrogens with one attached hydrogen (secondary N) is 1. The zero-order chi connectivity index (χ0) is 20.7. The molecule has 0 aromatic heterocycles. The molecule has 28 heavy (non-hydrogen) atoms. The normalized spacial score (nSPS) is 11.8. The highest BCUT2D eigenvalue weighted by atomic mass is 19.1. The van der Waals surface area contributed by atoms with Crippen molar-refractivity contribution in [3.8, 4) is 5.75 Å². The molecule has 0 aliphatic rings. The first-order valence-electron chi connectivity index (χ1n) is 9.30. The van der Waals surface area contributed by atoms with Crippen LogP contribution in [-0.4, -0.2) is 35.4 Å². The molecule has 5 nitrogen and oxygen atoms in total. The molecule has 0 saturated heterocycles. The van der Waals surface area contributed by atoms with Crippen molar-refractivity contribution in [1.29, 1.82) is 0 Å². The molecule has 0 unspecified atom stereocenters. The minimum atomic E-state index is -0.659. The lowest BCUT2D eigenvalue weighted by atomic mass is 10.1. The van der Waals surface area contributed by atoms with E-state index >= 15 is 0 Å². The van der Waals surface area contributed by atoms with Crippen LogP contribution in [0.4, 0.5) is 4.39 Å². The fourth-order valence-electron chi connectivity index (χ4n) is 2.64. The molecule has 0 fully saturated rings. The van der Waals surface area contributed by atoms with Gasteiger partial charge in [0, 0.05) is 12.6 Å². The number of nitrogens with zero attached hydrogens (tertiary/aromatic N) is 1. The summed E-state index contributed by atoms with van der Waals surface area (Å²) in [6.45, 7) is 7.47. The average Bonchev–Trinajstić information content (AvgIpc) is 2.65. The van der Waals surface area contributed by atoms with Crippen molar-refractivity contribution < 1.29 is 18.7 Å². The Morgan fingerprint density at radius 1 is 1.04 bits per heavy atom. The van der Waals surface area contributed by atoms with Crippen LogP contribution >= 0.6 is 0 Å². The van der Waals surface area contributed by atoms with Crippen molar-refractivity contribution in [3.05, 3.63) is 65.5 Å². The van der Waals surface area contributed by atoms with Gasteiger partial charge in [-0.2, -0.15) is 0 Å². The van der Waals surface area contributed by atoms with Gasteiger partial charge in [-0.3, -0.25) is 9.59 Å². The fourth-order valence-corrected chi connectivity index (χ4v) is 2.64. The molecule has 1 atom stereocenters. The van der Waals surface area contributed by atoms with Gasteiger partial charge in [0.05, 0.1) is 0 Å². The second kappa shape index (κ2) is 9.88. The Labute approximate surface area is 165 Å². The summed E-state index contributed by atoms with van der Waals surface area (Å²) < 4.78 is 18.5. The summed E-state index contributed by atoms with van der Waals surface area (Å²) in [7, 11) is 0. The number of carbonyl (C=O) groups excluding carboxylic acids is 2. The van der Waals surface area contributed by atoms with E-state index in [0.717, 1.165) is 11.1 Å². The molecule has 150 valence electrons. The zero-order valence-corrected chi connectivity index (χ0v) is 16.7. The minimum absolute atomic E-state index is 0.0262. The molecule has 0 aliphatic carbocycles. The molecule has 2 aromatic rings. The molecule has 1 N–H and O–H groups in total. The van der Waals surface area contributed by atoms with Crippen LogP contribution in [0, 0.1) is 12.7 Å². The maximum Gasteiger partial charge on any atom is 0.261 e. The smallest absolute Gasteiger partial charge is 0.261 e. The Kier molecular flexibility index (Phi) is 7.55. The standard InChI is InChI=1S/C22H27FN2O3/c1-15(2)24-22(27)17(4)25(13-18-7-5-16(3)6-8-18)21(26)14-28-20-11-9-19(23)10-12-20/h5-12,15,17H,13-14H2,1-4H3,(H,24,27)/t17-/m0/s1. The molecule has 2 aromatic carbocycles. The largest absolute Gasteiger partial charge is 0.484 e. The number of halogens is 1. The van der Waals surface area contributed by atoms with Gasteiger partial charge >= 0.3 is 0 Å². The van der Waals surface area contributed by atoms with Crippen LogP contribution in [0.15, 0.2) is 48.5 Å². The summed E-state index contributed by atoms with van der Waals surface area (Å²) in [5.74, 6) is -0.531. The van der Waals surface area contributed by atoms with E-state index in [4.69, 9.17) is 4.74 Å². The van der Waals surface area contributed by atoms with E-state index in [0.29, 0.717) is 12.3 Å². The summed E-state index contributed by atoms with van der Waals surface area (Å²) in [5, 5.41) is 2.84. The maximum absolute atomic E-state index is 13.0.